The van der Waals surface area contributed by atoms with E-state index in [2.05, 4.69) is 0 Å². The first-order valence-electron chi connectivity index (χ1n) is 7.51. The van der Waals surface area contributed by atoms with Crippen molar-refractivity contribution in [1.82, 2.24) is 4.57 Å². The summed E-state index contributed by atoms with van der Waals surface area (Å²) in [4.78, 5) is 26.2. The zero-order chi connectivity index (χ0) is 17.3. The SMILES string of the molecule is COc1ccc(C)cc1N(C)C(=O)Cn1c(=O)oc2ccccc21. The van der Waals surface area contributed by atoms with Crippen LogP contribution in [-0.4, -0.2) is 24.6 Å². The Hall–Kier alpha value is -3.02. The summed E-state index contributed by atoms with van der Waals surface area (Å²) in [5.41, 5.74) is 2.73. The lowest BCUT2D eigenvalue weighted by molar-refractivity contribution is -0.118. The molecule has 1 heterocycles. The predicted molar refractivity (Wildman–Crippen MR) is 91.6 cm³/mol. The Morgan fingerprint density at radius 3 is 2.75 bits per heavy atom. The zero-order valence-electron chi connectivity index (χ0n) is 13.8. The normalized spacial score (nSPS) is 10.8. The Bertz CT molecular complexity index is 955. The lowest BCUT2D eigenvalue weighted by Gasteiger charge is -2.20. The van der Waals surface area contributed by atoms with Gasteiger partial charge in [0.25, 0.3) is 0 Å². The molecule has 0 spiro atoms. The third kappa shape index (κ3) is 2.78. The third-order valence-electron chi connectivity index (χ3n) is 3.94. The molecular weight excluding hydrogens is 308 g/mol. The highest BCUT2D eigenvalue weighted by atomic mass is 16.5. The summed E-state index contributed by atoms with van der Waals surface area (Å²) in [7, 11) is 3.22. The molecule has 0 aliphatic carbocycles. The van der Waals surface area contributed by atoms with Gasteiger partial charge in [-0.15, -0.1) is 0 Å². The average Bonchev–Trinajstić information content (AvgIpc) is 2.90. The van der Waals surface area contributed by atoms with E-state index in [9.17, 15) is 9.59 Å². The lowest BCUT2D eigenvalue weighted by Crippen LogP contribution is -2.33. The Balaban J connectivity index is 1.93. The highest BCUT2D eigenvalue weighted by Crippen LogP contribution is 2.28. The van der Waals surface area contributed by atoms with Gasteiger partial charge in [0.05, 0.1) is 18.3 Å². The maximum Gasteiger partial charge on any atom is 0.420 e. The number of aromatic nitrogens is 1. The van der Waals surface area contributed by atoms with Crippen LogP contribution in [0, 0.1) is 6.92 Å². The lowest BCUT2D eigenvalue weighted by atomic mass is 10.2. The number of carbonyl (C=O) groups excluding carboxylic acids is 1. The van der Waals surface area contributed by atoms with Crippen molar-refractivity contribution in [3.05, 3.63) is 58.6 Å². The van der Waals surface area contributed by atoms with Gasteiger partial charge >= 0.3 is 5.76 Å². The molecule has 0 saturated heterocycles. The molecule has 1 aromatic heterocycles. The molecule has 0 radical (unpaired) electrons. The second-order valence-corrected chi connectivity index (χ2v) is 5.55. The smallest absolute Gasteiger partial charge is 0.420 e. The molecule has 6 heteroatoms. The number of amides is 1. The zero-order valence-corrected chi connectivity index (χ0v) is 13.8. The van der Waals surface area contributed by atoms with E-state index in [1.165, 1.54) is 9.47 Å². The van der Waals surface area contributed by atoms with Crippen LogP contribution in [0.3, 0.4) is 0 Å². The van der Waals surface area contributed by atoms with Crippen LogP contribution in [0.5, 0.6) is 5.75 Å². The van der Waals surface area contributed by atoms with Gasteiger partial charge < -0.3 is 14.1 Å². The topological polar surface area (TPSA) is 64.7 Å². The molecule has 3 rings (SSSR count). The van der Waals surface area contributed by atoms with Crippen molar-refractivity contribution in [2.75, 3.05) is 19.1 Å². The van der Waals surface area contributed by atoms with Crippen LogP contribution in [0.2, 0.25) is 0 Å². The van der Waals surface area contributed by atoms with Crippen molar-refractivity contribution in [2.45, 2.75) is 13.5 Å². The molecule has 0 N–H and O–H groups in total. The number of anilines is 1. The first-order chi connectivity index (χ1) is 11.5. The van der Waals surface area contributed by atoms with Gasteiger partial charge in [0.2, 0.25) is 5.91 Å². The minimum absolute atomic E-state index is 0.108. The molecule has 24 heavy (non-hydrogen) atoms. The summed E-state index contributed by atoms with van der Waals surface area (Å²) in [6.07, 6.45) is 0. The maximum atomic E-state index is 12.7. The summed E-state index contributed by atoms with van der Waals surface area (Å²) >= 11 is 0. The Labute approximate surface area is 138 Å². The largest absolute Gasteiger partial charge is 0.495 e. The summed E-state index contributed by atoms with van der Waals surface area (Å²) in [5.74, 6) is -0.192. The fourth-order valence-electron chi connectivity index (χ4n) is 2.60. The van der Waals surface area contributed by atoms with E-state index in [0.717, 1.165) is 5.56 Å². The second-order valence-electron chi connectivity index (χ2n) is 5.55. The number of aryl methyl sites for hydroxylation is 1. The van der Waals surface area contributed by atoms with E-state index in [4.69, 9.17) is 9.15 Å². The van der Waals surface area contributed by atoms with E-state index in [1.807, 2.05) is 25.1 Å². The van der Waals surface area contributed by atoms with Crippen molar-refractivity contribution in [3.8, 4) is 5.75 Å². The minimum atomic E-state index is -0.547. The van der Waals surface area contributed by atoms with Gasteiger partial charge in [0.15, 0.2) is 5.58 Å². The monoisotopic (exact) mass is 326 g/mol. The molecule has 6 nitrogen and oxygen atoms in total. The van der Waals surface area contributed by atoms with Crippen LogP contribution in [0.1, 0.15) is 5.56 Å². The minimum Gasteiger partial charge on any atom is -0.495 e. The molecule has 0 unspecified atom stereocenters. The van der Waals surface area contributed by atoms with Crippen LogP contribution >= 0.6 is 0 Å². The Kier molecular flexibility index (Phi) is 4.12. The standard InChI is InChI=1S/C18H18N2O4/c1-12-8-9-15(23-3)14(10-12)19(2)17(21)11-20-13-6-4-5-7-16(13)24-18(20)22/h4-10H,11H2,1-3H3. The number of hydrogen-bond donors (Lipinski definition) is 0. The molecule has 1 amide bonds. The van der Waals surface area contributed by atoms with Crippen LogP contribution in [0.15, 0.2) is 51.7 Å². The third-order valence-corrected chi connectivity index (χ3v) is 3.94. The number of oxazole rings is 1. The molecule has 0 aliphatic rings. The van der Waals surface area contributed by atoms with Gasteiger partial charge in [0.1, 0.15) is 12.3 Å². The van der Waals surface area contributed by atoms with Gasteiger partial charge in [-0.05, 0) is 36.8 Å². The predicted octanol–water partition coefficient (Wildman–Crippen LogP) is 2.57. The summed E-state index contributed by atoms with van der Waals surface area (Å²) in [6, 6.07) is 12.6. The number of hydrogen-bond acceptors (Lipinski definition) is 4. The molecule has 0 aliphatic heterocycles. The van der Waals surface area contributed by atoms with Crippen LogP contribution in [0.25, 0.3) is 11.1 Å². The van der Waals surface area contributed by atoms with Crippen LogP contribution in [-0.2, 0) is 11.3 Å². The Morgan fingerprint density at radius 2 is 2.00 bits per heavy atom. The van der Waals surface area contributed by atoms with Gasteiger partial charge in [-0.2, -0.15) is 0 Å². The molecule has 0 fully saturated rings. The van der Waals surface area contributed by atoms with Gasteiger partial charge in [-0.3, -0.25) is 9.36 Å². The first kappa shape index (κ1) is 15.9. The van der Waals surface area contributed by atoms with Crippen molar-refractivity contribution >= 4 is 22.7 Å². The molecule has 124 valence electrons. The van der Waals surface area contributed by atoms with E-state index >= 15 is 0 Å². The average molecular weight is 326 g/mol. The number of carbonyl (C=O) groups is 1. The maximum absolute atomic E-state index is 12.7. The van der Waals surface area contributed by atoms with Crippen molar-refractivity contribution < 1.29 is 13.9 Å². The van der Waals surface area contributed by atoms with E-state index in [-0.39, 0.29) is 12.5 Å². The van der Waals surface area contributed by atoms with Gasteiger partial charge in [-0.25, -0.2) is 4.79 Å². The highest BCUT2D eigenvalue weighted by Gasteiger charge is 2.19. The number of likely N-dealkylation sites (N-methyl/N-ethyl adjacent to an activating group) is 1. The quantitative estimate of drug-likeness (QED) is 0.739. The number of fused-ring (bicyclic) bond motifs is 1. The molecule has 0 bridgehead atoms. The van der Waals surface area contributed by atoms with Gasteiger partial charge in [0, 0.05) is 7.05 Å². The number of rotatable bonds is 4. The number of ether oxygens (including phenoxy) is 1. The van der Waals surface area contributed by atoms with Crippen LogP contribution < -0.4 is 15.4 Å². The first-order valence-corrected chi connectivity index (χ1v) is 7.51. The summed E-state index contributed by atoms with van der Waals surface area (Å²) < 4.78 is 11.8. The second kappa shape index (κ2) is 6.23. The fraction of sp³-hybridized carbons (Fsp3) is 0.222. The highest BCUT2D eigenvalue weighted by molar-refractivity contribution is 5.95. The van der Waals surface area contributed by atoms with Crippen molar-refractivity contribution in [1.29, 1.82) is 0 Å². The number of nitrogens with zero attached hydrogens (tertiary/aromatic N) is 2. The summed E-state index contributed by atoms with van der Waals surface area (Å²) in [5, 5.41) is 0. The molecule has 0 saturated carbocycles. The van der Waals surface area contributed by atoms with E-state index in [1.54, 1.807) is 38.4 Å². The van der Waals surface area contributed by atoms with Crippen molar-refractivity contribution in [3.63, 3.8) is 0 Å². The van der Waals surface area contributed by atoms with E-state index in [0.29, 0.717) is 22.5 Å². The molecule has 0 atom stereocenters. The number of methoxy groups -OCH3 is 1. The number of para-hydroxylation sites is 2. The van der Waals surface area contributed by atoms with Crippen molar-refractivity contribution in [2.24, 2.45) is 0 Å². The molecule has 2 aromatic carbocycles. The number of benzene rings is 2. The Morgan fingerprint density at radius 1 is 1.25 bits per heavy atom. The van der Waals surface area contributed by atoms with Gasteiger partial charge in [-0.1, -0.05) is 18.2 Å². The van der Waals surface area contributed by atoms with Crippen LogP contribution in [0.4, 0.5) is 5.69 Å². The fourth-order valence-corrected chi connectivity index (χ4v) is 2.60. The van der Waals surface area contributed by atoms with E-state index < -0.39 is 5.76 Å². The summed E-state index contributed by atoms with van der Waals surface area (Å²) in [6.45, 7) is 1.83. The molecule has 3 aromatic rings. The molecular formula is C18H18N2O4.